The number of halogens is 1. The Hall–Kier alpha value is -0.813. The average Bonchev–Trinajstić information content (AvgIpc) is 2.89. The number of thiophene rings is 1. The van der Waals surface area contributed by atoms with Crippen LogP contribution in [0.25, 0.3) is 0 Å². The highest BCUT2D eigenvalue weighted by atomic mass is 35.5. The molecule has 1 aromatic heterocycles. The molecule has 0 radical (unpaired) electrons. The maximum Gasteiger partial charge on any atom is 0.251 e. The fourth-order valence-electron chi connectivity index (χ4n) is 2.82. The minimum Gasteiger partial charge on any atom is -0.537 e. The fraction of sp³-hybridized carbons (Fsp3) is 0.500. The largest absolute Gasteiger partial charge is 0.537 e. The first-order chi connectivity index (χ1) is 11.7. The molecule has 0 spiro atoms. The van der Waals surface area contributed by atoms with E-state index in [1.165, 1.54) is 16.0 Å². The Morgan fingerprint density at radius 1 is 1.24 bits per heavy atom. The van der Waals surface area contributed by atoms with Crippen LogP contribution in [0.4, 0.5) is 0 Å². The number of benzene rings is 1. The van der Waals surface area contributed by atoms with Crippen molar-refractivity contribution in [3.05, 3.63) is 51.4 Å². The molecule has 25 heavy (non-hydrogen) atoms. The fourth-order valence-corrected chi connectivity index (χ4v) is 5.57. The lowest BCUT2D eigenvalue weighted by atomic mass is 10.1. The van der Waals surface area contributed by atoms with Gasteiger partial charge in [0, 0.05) is 29.5 Å². The van der Waals surface area contributed by atoms with Gasteiger partial charge in [0.1, 0.15) is 0 Å². The molecule has 2 heterocycles. The monoisotopic (exact) mass is 393 g/mol. The van der Waals surface area contributed by atoms with E-state index in [4.69, 9.17) is 16.0 Å². The van der Waals surface area contributed by atoms with Crippen LogP contribution in [0.1, 0.15) is 36.8 Å². The molecule has 136 valence electrons. The van der Waals surface area contributed by atoms with E-state index in [1.54, 1.807) is 0 Å². The summed E-state index contributed by atoms with van der Waals surface area (Å²) in [6.07, 6.45) is 1.10. The van der Waals surface area contributed by atoms with Crippen molar-refractivity contribution < 1.29 is 4.43 Å². The van der Waals surface area contributed by atoms with E-state index in [0.717, 1.165) is 36.1 Å². The van der Waals surface area contributed by atoms with Crippen LogP contribution >= 0.6 is 22.9 Å². The highest BCUT2D eigenvalue weighted by Crippen LogP contribution is 2.41. The van der Waals surface area contributed by atoms with Crippen molar-refractivity contribution >= 4 is 31.3 Å². The van der Waals surface area contributed by atoms with Crippen LogP contribution in [-0.4, -0.2) is 19.8 Å². The minimum atomic E-state index is -1.77. The Bertz CT molecular complexity index is 750. The molecule has 5 heteroatoms. The van der Waals surface area contributed by atoms with Gasteiger partial charge >= 0.3 is 0 Å². The molecular formula is C20H28ClNOSSi. The highest BCUT2D eigenvalue weighted by molar-refractivity contribution is 7.14. The predicted octanol–water partition coefficient (Wildman–Crippen LogP) is 6.34. The first-order valence-electron chi connectivity index (χ1n) is 8.92. The summed E-state index contributed by atoms with van der Waals surface area (Å²) in [6, 6.07) is 10.4. The van der Waals surface area contributed by atoms with Crippen molar-refractivity contribution in [2.75, 3.05) is 6.54 Å². The van der Waals surface area contributed by atoms with E-state index >= 15 is 0 Å². The van der Waals surface area contributed by atoms with E-state index < -0.39 is 8.32 Å². The number of hydrogen-bond donors (Lipinski definition) is 0. The van der Waals surface area contributed by atoms with Crippen LogP contribution in [0.5, 0.6) is 5.06 Å². The number of hydrogen-bond acceptors (Lipinski definition) is 3. The maximum atomic E-state index is 6.51. The van der Waals surface area contributed by atoms with Crippen LogP contribution < -0.4 is 4.43 Å². The second kappa shape index (κ2) is 7.07. The molecule has 0 aliphatic carbocycles. The molecule has 3 rings (SSSR count). The van der Waals surface area contributed by atoms with E-state index in [2.05, 4.69) is 57.0 Å². The molecule has 1 aliphatic heterocycles. The number of rotatable bonds is 4. The van der Waals surface area contributed by atoms with Gasteiger partial charge in [0.25, 0.3) is 8.32 Å². The van der Waals surface area contributed by atoms with Crippen LogP contribution in [0.3, 0.4) is 0 Å². The molecule has 1 aromatic carbocycles. The van der Waals surface area contributed by atoms with Crippen LogP contribution in [0, 0.1) is 0 Å². The molecule has 1 aliphatic rings. The Balaban J connectivity index is 1.70. The van der Waals surface area contributed by atoms with Crippen molar-refractivity contribution in [2.45, 2.75) is 58.4 Å². The highest BCUT2D eigenvalue weighted by Gasteiger charge is 2.39. The quantitative estimate of drug-likeness (QED) is 0.561. The summed E-state index contributed by atoms with van der Waals surface area (Å²) < 4.78 is 6.51. The molecule has 0 saturated heterocycles. The summed E-state index contributed by atoms with van der Waals surface area (Å²) in [7, 11) is -1.77. The Kier molecular flexibility index (Phi) is 5.36. The summed E-state index contributed by atoms with van der Waals surface area (Å²) in [4.78, 5) is 3.97. The van der Waals surface area contributed by atoms with Crippen molar-refractivity contribution in [2.24, 2.45) is 0 Å². The molecule has 2 nitrogen and oxygen atoms in total. The van der Waals surface area contributed by atoms with Gasteiger partial charge in [0.15, 0.2) is 5.06 Å². The second-order valence-electron chi connectivity index (χ2n) is 8.43. The lowest BCUT2D eigenvalue weighted by molar-refractivity contribution is 0.247. The Morgan fingerprint density at radius 3 is 2.64 bits per heavy atom. The lowest BCUT2D eigenvalue weighted by Gasteiger charge is -2.35. The molecule has 2 aromatic rings. The van der Waals surface area contributed by atoms with E-state index in [0.29, 0.717) is 0 Å². The molecule has 0 fully saturated rings. The lowest BCUT2D eigenvalue weighted by Crippen LogP contribution is -2.43. The molecule has 0 saturated carbocycles. The van der Waals surface area contributed by atoms with Crippen LogP contribution in [0.2, 0.25) is 23.2 Å². The average molecular weight is 394 g/mol. The van der Waals surface area contributed by atoms with Gasteiger partial charge in [-0.2, -0.15) is 0 Å². The number of fused-ring (bicyclic) bond motifs is 1. The van der Waals surface area contributed by atoms with Gasteiger partial charge in [-0.15, -0.1) is 11.3 Å². The second-order valence-corrected chi connectivity index (χ2v) is 14.7. The summed E-state index contributed by atoms with van der Waals surface area (Å²) in [6.45, 7) is 14.5. The van der Waals surface area contributed by atoms with Gasteiger partial charge in [0.05, 0.1) is 0 Å². The third kappa shape index (κ3) is 4.30. The zero-order valence-corrected chi connectivity index (χ0v) is 18.4. The van der Waals surface area contributed by atoms with Gasteiger partial charge in [-0.3, -0.25) is 4.90 Å². The summed E-state index contributed by atoms with van der Waals surface area (Å²) >= 11 is 8.17. The molecule has 0 N–H and O–H groups in total. The van der Waals surface area contributed by atoms with Gasteiger partial charge in [-0.1, -0.05) is 50.6 Å². The maximum absolute atomic E-state index is 6.51. The third-order valence-electron chi connectivity index (χ3n) is 5.44. The summed E-state index contributed by atoms with van der Waals surface area (Å²) in [5.41, 5.74) is 2.64. The smallest absolute Gasteiger partial charge is 0.251 e. The van der Waals surface area contributed by atoms with Gasteiger partial charge in [-0.05, 0) is 47.8 Å². The SMILES string of the molecule is CC(C)(C)[Si](C)(C)Oc1cc2c(s1)CCN(Cc1ccccc1Cl)C2. The third-order valence-corrected chi connectivity index (χ3v) is 11.4. The standard InChI is InChI=1S/C20H28ClNOSSi/c1-20(2,3)25(4,5)23-19-12-16-14-22(11-10-18(16)24-19)13-15-8-6-7-9-17(15)21/h6-9,12H,10-11,13-14H2,1-5H3. The first-order valence-corrected chi connectivity index (χ1v) is 13.0. The normalized spacial score (nSPS) is 15.9. The molecule has 0 unspecified atom stereocenters. The molecular weight excluding hydrogens is 366 g/mol. The minimum absolute atomic E-state index is 0.230. The Morgan fingerprint density at radius 2 is 1.96 bits per heavy atom. The van der Waals surface area contributed by atoms with Gasteiger partial charge in [-0.25, -0.2) is 0 Å². The van der Waals surface area contributed by atoms with Crippen LogP contribution in [-0.2, 0) is 19.5 Å². The van der Waals surface area contributed by atoms with E-state index in [-0.39, 0.29) is 5.04 Å². The van der Waals surface area contributed by atoms with Crippen molar-refractivity contribution in [3.8, 4) is 5.06 Å². The molecule has 0 amide bonds. The summed E-state index contributed by atoms with van der Waals surface area (Å²) in [5, 5.41) is 2.20. The van der Waals surface area contributed by atoms with Gasteiger partial charge in [0.2, 0.25) is 0 Å². The molecule has 0 bridgehead atoms. The van der Waals surface area contributed by atoms with Crippen LogP contribution in [0.15, 0.2) is 30.3 Å². The summed E-state index contributed by atoms with van der Waals surface area (Å²) in [5.74, 6) is 0. The topological polar surface area (TPSA) is 12.5 Å². The molecule has 0 atom stereocenters. The van der Waals surface area contributed by atoms with E-state index in [1.807, 2.05) is 23.5 Å². The van der Waals surface area contributed by atoms with Crippen molar-refractivity contribution in [3.63, 3.8) is 0 Å². The predicted molar refractivity (Wildman–Crippen MR) is 111 cm³/mol. The number of nitrogens with zero attached hydrogens (tertiary/aromatic N) is 1. The van der Waals surface area contributed by atoms with Crippen molar-refractivity contribution in [1.82, 2.24) is 4.90 Å². The van der Waals surface area contributed by atoms with E-state index in [9.17, 15) is 0 Å². The zero-order chi connectivity index (χ0) is 18.2. The zero-order valence-electron chi connectivity index (χ0n) is 15.9. The van der Waals surface area contributed by atoms with Gasteiger partial charge < -0.3 is 4.43 Å². The first kappa shape index (κ1) is 19.0. The Labute approximate surface area is 161 Å². The van der Waals surface area contributed by atoms with Crippen molar-refractivity contribution in [1.29, 1.82) is 0 Å².